The van der Waals surface area contributed by atoms with Crippen LogP contribution in [0.3, 0.4) is 0 Å². The van der Waals surface area contributed by atoms with E-state index in [4.69, 9.17) is 10.5 Å². The lowest BCUT2D eigenvalue weighted by Crippen LogP contribution is -2.36. The number of amides is 1. The fourth-order valence-electron chi connectivity index (χ4n) is 2.46. The molecule has 1 aliphatic heterocycles. The van der Waals surface area contributed by atoms with Crippen molar-refractivity contribution in [3.8, 4) is 0 Å². The molecule has 1 saturated heterocycles. The summed E-state index contributed by atoms with van der Waals surface area (Å²) in [5, 5.41) is 0. The van der Waals surface area contributed by atoms with Crippen molar-refractivity contribution in [2.75, 3.05) is 13.1 Å². The maximum Gasteiger partial charge on any atom is 0.410 e. The molecule has 7 heteroatoms. The number of hydrogen-bond donors (Lipinski definition) is 1. The van der Waals surface area contributed by atoms with Crippen LogP contribution in [0.2, 0.25) is 0 Å². The van der Waals surface area contributed by atoms with Gasteiger partial charge in [0, 0.05) is 19.2 Å². The minimum absolute atomic E-state index is 0. The van der Waals surface area contributed by atoms with Gasteiger partial charge < -0.3 is 10.5 Å². The number of hydrogen-bond acceptors (Lipinski definition) is 5. The first kappa shape index (κ1) is 18.6. The predicted octanol–water partition coefficient (Wildman–Crippen LogP) is 2.47. The second-order valence-electron chi connectivity index (χ2n) is 6.27. The quantitative estimate of drug-likeness (QED) is 0.921. The van der Waals surface area contributed by atoms with Gasteiger partial charge in [-0.05, 0) is 46.2 Å². The van der Waals surface area contributed by atoms with Crippen molar-refractivity contribution in [2.24, 2.45) is 5.73 Å². The summed E-state index contributed by atoms with van der Waals surface area (Å²) < 4.78 is 5.47. The predicted molar refractivity (Wildman–Crippen MR) is 87.0 cm³/mol. The van der Waals surface area contributed by atoms with Gasteiger partial charge in [0.15, 0.2) is 0 Å². The smallest absolute Gasteiger partial charge is 0.410 e. The number of likely N-dealkylation sites (tertiary alicyclic amines) is 1. The molecule has 0 aromatic carbocycles. The molecule has 2 rings (SSSR count). The second-order valence-corrected chi connectivity index (χ2v) is 6.27. The topological polar surface area (TPSA) is 81.3 Å². The molecule has 1 fully saturated rings. The summed E-state index contributed by atoms with van der Waals surface area (Å²) >= 11 is 0. The number of rotatable bonds is 3. The Morgan fingerprint density at radius 3 is 2.86 bits per heavy atom. The number of ether oxygens (including phenoxy) is 1. The molecule has 22 heavy (non-hydrogen) atoms. The van der Waals surface area contributed by atoms with E-state index < -0.39 is 5.60 Å². The first-order valence-electron chi connectivity index (χ1n) is 7.42. The molecule has 0 bridgehead atoms. The fraction of sp³-hybridized carbons (Fsp3) is 0.667. The van der Waals surface area contributed by atoms with E-state index in [1.165, 1.54) is 0 Å². The third-order valence-corrected chi connectivity index (χ3v) is 3.32. The zero-order chi connectivity index (χ0) is 15.5. The standard InChI is InChI=1S/C15H24N4O2.ClH/c1-15(2,3)21-14(20)19-10-4-5-12(19)11-7-9-17-13(18-11)6-8-16;/h7,9,12H,4-6,8,10,16H2,1-3H3;1H. The van der Waals surface area contributed by atoms with Crippen molar-refractivity contribution in [3.05, 3.63) is 23.8 Å². The fourth-order valence-corrected chi connectivity index (χ4v) is 2.46. The molecule has 1 aromatic heterocycles. The monoisotopic (exact) mass is 328 g/mol. The highest BCUT2D eigenvalue weighted by molar-refractivity contribution is 5.85. The number of nitrogens with two attached hydrogens (primary N) is 1. The lowest BCUT2D eigenvalue weighted by molar-refractivity contribution is 0.0221. The van der Waals surface area contributed by atoms with E-state index in [1.807, 2.05) is 26.8 Å². The zero-order valence-corrected chi connectivity index (χ0v) is 14.2. The average Bonchev–Trinajstić information content (AvgIpc) is 2.86. The molecule has 1 aromatic rings. The number of nitrogens with zero attached hydrogens (tertiary/aromatic N) is 3. The highest BCUT2D eigenvalue weighted by Crippen LogP contribution is 2.32. The molecular weight excluding hydrogens is 304 g/mol. The number of carbonyl (C=O) groups is 1. The number of carbonyl (C=O) groups excluding carboxylic acids is 1. The first-order valence-corrected chi connectivity index (χ1v) is 7.42. The molecule has 2 N–H and O–H groups in total. The van der Waals surface area contributed by atoms with Crippen LogP contribution in [-0.4, -0.2) is 39.7 Å². The largest absolute Gasteiger partial charge is 0.444 e. The lowest BCUT2D eigenvalue weighted by Gasteiger charge is -2.28. The Balaban J connectivity index is 0.00000242. The van der Waals surface area contributed by atoms with Gasteiger partial charge in [-0.3, -0.25) is 4.90 Å². The summed E-state index contributed by atoms with van der Waals surface area (Å²) in [4.78, 5) is 22.8. The van der Waals surface area contributed by atoms with Gasteiger partial charge in [-0.1, -0.05) is 0 Å². The van der Waals surface area contributed by atoms with E-state index in [1.54, 1.807) is 11.1 Å². The van der Waals surface area contributed by atoms with Crippen LogP contribution >= 0.6 is 12.4 Å². The minimum Gasteiger partial charge on any atom is -0.444 e. The van der Waals surface area contributed by atoms with Crippen LogP contribution in [0.25, 0.3) is 0 Å². The maximum atomic E-state index is 12.3. The van der Waals surface area contributed by atoms with E-state index in [0.717, 1.165) is 24.4 Å². The third-order valence-electron chi connectivity index (χ3n) is 3.32. The van der Waals surface area contributed by atoms with Gasteiger partial charge >= 0.3 is 6.09 Å². The Bertz CT molecular complexity index is 505. The maximum absolute atomic E-state index is 12.3. The van der Waals surface area contributed by atoms with E-state index in [0.29, 0.717) is 19.5 Å². The molecule has 0 spiro atoms. The van der Waals surface area contributed by atoms with Crippen molar-refractivity contribution in [3.63, 3.8) is 0 Å². The van der Waals surface area contributed by atoms with Crippen molar-refractivity contribution in [1.82, 2.24) is 14.9 Å². The van der Waals surface area contributed by atoms with Gasteiger partial charge in [-0.25, -0.2) is 14.8 Å². The summed E-state index contributed by atoms with van der Waals surface area (Å²) in [5.41, 5.74) is 5.93. The highest BCUT2D eigenvalue weighted by atomic mass is 35.5. The van der Waals surface area contributed by atoms with E-state index >= 15 is 0 Å². The molecule has 1 atom stereocenters. The molecule has 124 valence electrons. The Morgan fingerprint density at radius 1 is 1.50 bits per heavy atom. The van der Waals surface area contributed by atoms with Gasteiger partial charge in [0.05, 0.1) is 11.7 Å². The van der Waals surface area contributed by atoms with Gasteiger partial charge in [0.25, 0.3) is 0 Å². The average molecular weight is 329 g/mol. The summed E-state index contributed by atoms with van der Waals surface area (Å²) in [5.74, 6) is 0.728. The molecule has 1 aliphatic rings. The molecular formula is C15H25ClN4O2. The van der Waals surface area contributed by atoms with E-state index in [2.05, 4.69) is 9.97 Å². The molecule has 1 unspecified atom stereocenters. The van der Waals surface area contributed by atoms with Crippen LogP contribution in [-0.2, 0) is 11.2 Å². The van der Waals surface area contributed by atoms with Crippen LogP contribution in [0.5, 0.6) is 0 Å². The zero-order valence-electron chi connectivity index (χ0n) is 13.4. The molecule has 0 saturated carbocycles. The Kier molecular flexibility index (Phi) is 6.56. The van der Waals surface area contributed by atoms with Crippen molar-refractivity contribution in [2.45, 2.75) is 51.7 Å². The van der Waals surface area contributed by atoms with E-state index in [-0.39, 0.29) is 24.5 Å². The Morgan fingerprint density at radius 2 is 2.23 bits per heavy atom. The van der Waals surface area contributed by atoms with Gasteiger partial charge in [0.1, 0.15) is 11.4 Å². The summed E-state index contributed by atoms with van der Waals surface area (Å²) in [6.45, 7) is 6.85. The molecule has 1 amide bonds. The van der Waals surface area contributed by atoms with Crippen LogP contribution in [0.4, 0.5) is 4.79 Å². The Hall–Kier alpha value is -1.40. The first-order chi connectivity index (χ1) is 9.90. The van der Waals surface area contributed by atoms with E-state index in [9.17, 15) is 4.79 Å². The number of aromatic nitrogens is 2. The summed E-state index contributed by atoms with van der Waals surface area (Å²) in [7, 11) is 0. The highest BCUT2D eigenvalue weighted by Gasteiger charge is 2.34. The van der Waals surface area contributed by atoms with Gasteiger partial charge in [-0.2, -0.15) is 0 Å². The summed E-state index contributed by atoms with van der Waals surface area (Å²) in [6, 6.07) is 1.84. The van der Waals surface area contributed by atoms with Crippen molar-refractivity contribution >= 4 is 18.5 Å². The summed E-state index contributed by atoms with van der Waals surface area (Å²) in [6.07, 6.45) is 3.97. The molecule has 6 nitrogen and oxygen atoms in total. The van der Waals surface area contributed by atoms with Crippen LogP contribution in [0.1, 0.15) is 51.2 Å². The molecule has 2 heterocycles. The van der Waals surface area contributed by atoms with Crippen LogP contribution in [0.15, 0.2) is 12.3 Å². The third kappa shape index (κ3) is 4.81. The SMILES string of the molecule is CC(C)(C)OC(=O)N1CCCC1c1ccnc(CCN)n1.Cl. The Labute approximate surface area is 137 Å². The minimum atomic E-state index is -0.486. The number of halogens is 1. The van der Waals surface area contributed by atoms with Gasteiger partial charge in [0.2, 0.25) is 0 Å². The normalized spacial score (nSPS) is 18.0. The molecule has 0 aliphatic carbocycles. The lowest BCUT2D eigenvalue weighted by atomic mass is 10.1. The van der Waals surface area contributed by atoms with Crippen LogP contribution in [0, 0.1) is 0 Å². The van der Waals surface area contributed by atoms with Gasteiger partial charge in [-0.15, -0.1) is 12.4 Å². The van der Waals surface area contributed by atoms with Crippen LogP contribution < -0.4 is 5.73 Å². The molecule has 0 radical (unpaired) electrons. The second kappa shape index (κ2) is 7.74. The van der Waals surface area contributed by atoms with Crippen molar-refractivity contribution < 1.29 is 9.53 Å². The van der Waals surface area contributed by atoms with Crippen molar-refractivity contribution in [1.29, 1.82) is 0 Å².